The fourth-order valence-electron chi connectivity index (χ4n) is 0.276. The third-order valence-electron chi connectivity index (χ3n) is 0.520. The van der Waals surface area contributed by atoms with Crippen LogP contribution in [0.25, 0.3) is 0 Å². The van der Waals surface area contributed by atoms with Gasteiger partial charge < -0.3 is 20.4 Å². The second-order valence-corrected chi connectivity index (χ2v) is 1.37. The van der Waals surface area contributed by atoms with Gasteiger partial charge in [0, 0.05) is 0 Å². The summed E-state index contributed by atoms with van der Waals surface area (Å²) >= 11 is 0. The quantitative estimate of drug-likeness (QED) is 0.233. The van der Waals surface area contributed by atoms with Crippen molar-refractivity contribution in [2.24, 2.45) is 0 Å². The van der Waals surface area contributed by atoms with Crippen molar-refractivity contribution in [2.75, 3.05) is 0 Å². The molecule has 0 unspecified atom stereocenters. The highest BCUT2D eigenvalue weighted by molar-refractivity contribution is 5.73. The smallest absolute Gasteiger partial charge is 0.322 e. The fourth-order valence-corrected chi connectivity index (χ4v) is 0.276. The zero-order valence-corrected chi connectivity index (χ0v) is 4.85. The molecule has 6 N–H and O–H groups in total. The van der Waals surface area contributed by atoms with Crippen molar-refractivity contribution in [1.82, 2.24) is 10.6 Å². The molecule has 7 nitrogen and oxygen atoms in total. The van der Waals surface area contributed by atoms with E-state index in [9.17, 15) is 4.79 Å². The standard InChI is InChI=1S/C3H8N2O5/c6-1(4-2(7)8)5-3(9)10/h2-3,7-10H,(H2,4,5,6). The summed E-state index contributed by atoms with van der Waals surface area (Å²) in [4.78, 5) is 10.2. The van der Waals surface area contributed by atoms with Crippen LogP contribution in [0.4, 0.5) is 4.79 Å². The SMILES string of the molecule is O=C(NC(O)O)NC(O)O. The van der Waals surface area contributed by atoms with Gasteiger partial charge in [0.25, 0.3) is 0 Å². The highest BCUT2D eigenvalue weighted by Gasteiger charge is 2.06. The number of carbonyl (C=O) groups excluding carboxylic acids is 1. The number of urea groups is 1. The number of hydrogen-bond acceptors (Lipinski definition) is 5. The molecular formula is C3H8N2O5. The number of amides is 2. The van der Waals surface area contributed by atoms with Crippen molar-refractivity contribution in [1.29, 1.82) is 0 Å². The predicted molar refractivity (Wildman–Crippen MR) is 28.1 cm³/mol. The number of carbonyl (C=O) groups is 1. The number of nitrogens with one attached hydrogen (secondary N) is 2. The molecule has 0 aromatic heterocycles. The summed E-state index contributed by atoms with van der Waals surface area (Å²) in [6.45, 7) is 0. The molecule has 0 saturated carbocycles. The molecule has 0 atom stereocenters. The van der Waals surface area contributed by atoms with Crippen molar-refractivity contribution in [3.05, 3.63) is 0 Å². The molecule has 0 aromatic carbocycles. The summed E-state index contributed by atoms with van der Waals surface area (Å²) in [5.41, 5.74) is 0. The number of aliphatic hydroxyl groups is 4. The molecule has 0 spiro atoms. The summed E-state index contributed by atoms with van der Waals surface area (Å²) in [6, 6.07) is -1.09. The number of aliphatic hydroxyl groups excluding tert-OH is 2. The average Bonchev–Trinajstić information content (AvgIpc) is 1.58. The molecule has 0 bridgehead atoms. The topological polar surface area (TPSA) is 122 Å². The first-order valence-corrected chi connectivity index (χ1v) is 2.31. The minimum absolute atomic E-state index is 1.09. The van der Waals surface area contributed by atoms with Crippen LogP contribution >= 0.6 is 0 Å². The lowest BCUT2D eigenvalue weighted by Gasteiger charge is -2.08. The first-order chi connectivity index (χ1) is 4.52. The predicted octanol–water partition coefficient (Wildman–Crippen LogP) is -3.18. The lowest BCUT2D eigenvalue weighted by atomic mass is 10.8. The Kier molecular flexibility index (Phi) is 3.65. The van der Waals surface area contributed by atoms with Gasteiger partial charge in [-0.25, -0.2) is 4.79 Å². The summed E-state index contributed by atoms with van der Waals surface area (Å²) in [5.74, 6) is 0. The molecule has 0 saturated heterocycles. The van der Waals surface area contributed by atoms with Gasteiger partial charge in [0.05, 0.1) is 0 Å². The van der Waals surface area contributed by atoms with Crippen molar-refractivity contribution in [3.63, 3.8) is 0 Å². The monoisotopic (exact) mass is 152 g/mol. The third-order valence-corrected chi connectivity index (χ3v) is 0.520. The van der Waals surface area contributed by atoms with Crippen LogP contribution in [0, 0.1) is 0 Å². The molecule has 0 aliphatic carbocycles. The molecule has 60 valence electrons. The lowest BCUT2D eigenvalue weighted by molar-refractivity contribution is -0.0704. The molecular weight excluding hydrogens is 144 g/mol. The van der Waals surface area contributed by atoms with E-state index in [4.69, 9.17) is 20.4 Å². The van der Waals surface area contributed by atoms with Gasteiger partial charge in [-0.05, 0) is 0 Å². The molecule has 0 heterocycles. The van der Waals surface area contributed by atoms with E-state index in [0.717, 1.165) is 0 Å². The highest BCUT2D eigenvalue weighted by atomic mass is 16.5. The van der Waals surface area contributed by atoms with E-state index in [-0.39, 0.29) is 0 Å². The summed E-state index contributed by atoms with van der Waals surface area (Å²) in [7, 11) is 0. The second kappa shape index (κ2) is 4.01. The molecule has 0 aliphatic heterocycles. The van der Waals surface area contributed by atoms with Crippen LogP contribution in [0.2, 0.25) is 0 Å². The van der Waals surface area contributed by atoms with Gasteiger partial charge in [-0.1, -0.05) is 0 Å². The first-order valence-electron chi connectivity index (χ1n) is 2.31. The summed E-state index contributed by atoms with van der Waals surface area (Å²) in [5, 5.41) is 35.3. The lowest BCUT2D eigenvalue weighted by Crippen LogP contribution is -2.46. The van der Waals surface area contributed by atoms with Crippen LogP contribution in [-0.4, -0.2) is 39.3 Å². The van der Waals surface area contributed by atoms with Crippen molar-refractivity contribution >= 4 is 6.03 Å². The van der Waals surface area contributed by atoms with Gasteiger partial charge >= 0.3 is 6.03 Å². The first kappa shape index (κ1) is 9.11. The minimum Gasteiger partial charge on any atom is -0.351 e. The molecule has 0 aliphatic rings. The van der Waals surface area contributed by atoms with E-state index in [0.29, 0.717) is 0 Å². The molecule has 0 aromatic rings. The average molecular weight is 152 g/mol. The second-order valence-electron chi connectivity index (χ2n) is 1.37. The van der Waals surface area contributed by atoms with E-state index in [2.05, 4.69) is 0 Å². The Morgan fingerprint density at radius 3 is 1.50 bits per heavy atom. The Hall–Kier alpha value is -0.890. The zero-order valence-electron chi connectivity index (χ0n) is 4.85. The zero-order chi connectivity index (χ0) is 8.15. The Labute approximate surface area is 55.9 Å². The van der Waals surface area contributed by atoms with E-state index < -0.39 is 18.9 Å². The highest BCUT2D eigenvalue weighted by Crippen LogP contribution is 1.70. The molecule has 0 fully saturated rings. The molecule has 2 amide bonds. The van der Waals surface area contributed by atoms with Gasteiger partial charge in [-0.15, -0.1) is 0 Å². The van der Waals surface area contributed by atoms with E-state index in [1.54, 1.807) is 0 Å². The number of rotatable bonds is 2. The minimum atomic E-state index is -2.02. The van der Waals surface area contributed by atoms with E-state index >= 15 is 0 Å². The summed E-state index contributed by atoms with van der Waals surface area (Å²) in [6.07, 6.45) is -4.03. The fraction of sp³-hybridized carbons (Fsp3) is 0.667. The van der Waals surface area contributed by atoms with E-state index in [1.807, 2.05) is 0 Å². The molecule has 10 heavy (non-hydrogen) atoms. The van der Waals surface area contributed by atoms with Crippen LogP contribution in [0.3, 0.4) is 0 Å². The largest absolute Gasteiger partial charge is 0.351 e. The van der Waals surface area contributed by atoms with E-state index in [1.165, 1.54) is 10.6 Å². The maximum atomic E-state index is 10.2. The number of hydrogen-bond donors (Lipinski definition) is 6. The van der Waals surface area contributed by atoms with Crippen LogP contribution < -0.4 is 10.6 Å². The van der Waals surface area contributed by atoms with Gasteiger partial charge in [-0.2, -0.15) is 0 Å². The molecule has 0 radical (unpaired) electrons. The maximum Gasteiger partial charge on any atom is 0.322 e. The summed E-state index contributed by atoms with van der Waals surface area (Å²) < 4.78 is 0. The van der Waals surface area contributed by atoms with Crippen LogP contribution in [-0.2, 0) is 0 Å². The van der Waals surface area contributed by atoms with Crippen LogP contribution in [0.1, 0.15) is 0 Å². The van der Waals surface area contributed by atoms with Gasteiger partial charge in [-0.3, -0.25) is 10.6 Å². The van der Waals surface area contributed by atoms with Gasteiger partial charge in [0.15, 0.2) is 0 Å². The molecule has 0 rings (SSSR count). The Morgan fingerprint density at radius 2 is 1.30 bits per heavy atom. The van der Waals surface area contributed by atoms with Crippen LogP contribution in [0.5, 0.6) is 0 Å². The molecule has 7 heteroatoms. The van der Waals surface area contributed by atoms with Crippen molar-refractivity contribution < 1.29 is 25.2 Å². The Balaban J connectivity index is 3.44. The Bertz CT molecular complexity index is 101. The van der Waals surface area contributed by atoms with Gasteiger partial charge in [0.2, 0.25) is 12.8 Å². The Morgan fingerprint density at radius 1 is 1.00 bits per heavy atom. The third kappa shape index (κ3) is 5.25. The van der Waals surface area contributed by atoms with Gasteiger partial charge in [0.1, 0.15) is 0 Å². The van der Waals surface area contributed by atoms with Crippen LogP contribution in [0.15, 0.2) is 0 Å². The van der Waals surface area contributed by atoms with Crippen molar-refractivity contribution in [3.8, 4) is 0 Å². The normalized spacial score (nSPS) is 10.2. The maximum absolute atomic E-state index is 10.2. The van der Waals surface area contributed by atoms with Crippen molar-refractivity contribution in [2.45, 2.75) is 12.8 Å².